The molecule has 0 radical (unpaired) electrons. The topological polar surface area (TPSA) is 44.5 Å². The zero-order valence-corrected chi connectivity index (χ0v) is 10.7. The molecule has 3 nitrogen and oxygen atoms in total. The molecule has 3 heteroatoms. The molecular formula is C15H21NO2. The van der Waals surface area contributed by atoms with E-state index in [9.17, 15) is 0 Å². The summed E-state index contributed by atoms with van der Waals surface area (Å²) in [6.45, 7) is 2.16. The number of hydrogen-bond donors (Lipinski definition) is 1. The minimum Gasteiger partial charge on any atom is -0.486 e. The quantitative estimate of drug-likeness (QED) is 0.874. The Morgan fingerprint density at radius 1 is 1.00 bits per heavy atom. The van der Waals surface area contributed by atoms with Gasteiger partial charge in [-0.25, -0.2) is 0 Å². The van der Waals surface area contributed by atoms with E-state index in [4.69, 9.17) is 15.2 Å². The average molecular weight is 247 g/mol. The molecule has 2 aliphatic rings. The van der Waals surface area contributed by atoms with E-state index < -0.39 is 0 Å². The maximum atomic E-state index is 5.74. The van der Waals surface area contributed by atoms with Crippen molar-refractivity contribution in [2.24, 2.45) is 11.7 Å². The van der Waals surface area contributed by atoms with Crippen LogP contribution in [0.25, 0.3) is 0 Å². The van der Waals surface area contributed by atoms with Crippen molar-refractivity contribution in [3.63, 3.8) is 0 Å². The molecule has 2 N–H and O–H groups in total. The molecule has 98 valence electrons. The summed E-state index contributed by atoms with van der Waals surface area (Å²) in [4.78, 5) is 0. The molecule has 0 amide bonds. The lowest BCUT2D eigenvalue weighted by molar-refractivity contribution is 0.171. The normalized spacial score (nSPS) is 26.9. The third-order valence-corrected chi connectivity index (χ3v) is 4.22. The second kappa shape index (κ2) is 5.19. The van der Waals surface area contributed by atoms with Crippen molar-refractivity contribution in [1.82, 2.24) is 0 Å². The number of rotatable bonds is 2. The molecule has 1 saturated carbocycles. The first kappa shape index (κ1) is 11.8. The van der Waals surface area contributed by atoms with Gasteiger partial charge in [-0.3, -0.25) is 0 Å². The lowest BCUT2D eigenvalue weighted by Crippen LogP contribution is -2.21. The number of fused-ring (bicyclic) bond motifs is 1. The van der Waals surface area contributed by atoms with Crippen molar-refractivity contribution in [3.8, 4) is 11.5 Å². The first-order valence-electron chi connectivity index (χ1n) is 6.96. The van der Waals surface area contributed by atoms with E-state index in [0.29, 0.717) is 19.1 Å². The summed E-state index contributed by atoms with van der Waals surface area (Å²) in [6.07, 6.45) is 5.02. The molecule has 1 aromatic carbocycles. The smallest absolute Gasteiger partial charge is 0.161 e. The van der Waals surface area contributed by atoms with Gasteiger partial charge in [-0.2, -0.15) is 0 Å². The van der Waals surface area contributed by atoms with Crippen LogP contribution in [0.1, 0.15) is 37.2 Å². The van der Waals surface area contributed by atoms with Gasteiger partial charge in [0.2, 0.25) is 0 Å². The summed E-state index contributed by atoms with van der Waals surface area (Å²) < 4.78 is 11.2. The lowest BCUT2D eigenvalue weighted by Gasteiger charge is -2.28. The van der Waals surface area contributed by atoms with Crippen LogP contribution in [0.5, 0.6) is 11.5 Å². The number of hydrogen-bond acceptors (Lipinski definition) is 3. The van der Waals surface area contributed by atoms with E-state index in [1.807, 2.05) is 0 Å². The minimum absolute atomic E-state index is 0.661. The summed E-state index contributed by atoms with van der Waals surface area (Å²) in [7, 11) is 0. The second-order valence-corrected chi connectivity index (χ2v) is 5.36. The van der Waals surface area contributed by atoms with Gasteiger partial charge in [-0.05, 0) is 61.8 Å². The lowest BCUT2D eigenvalue weighted by atomic mass is 9.79. The van der Waals surface area contributed by atoms with Gasteiger partial charge in [0, 0.05) is 0 Å². The highest BCUT2D eigenvalue weighted by Gasteiger charge is 2.23. The molecule has 0 saturated heterocycles. The molecule has 1 aromatic rings. The van der Waals surface area contributed by atoms with Gasteiger partial charge >= 0.3 is 0 Å². The van der Waals surface area contributed by atoms with Gasteiger partial charge in [-0.1, -0.05) is 6.07 Å². The monoisotopic (exact) mass is 247 g/mol. The molecule has 1 fully saturated rings. The fraction of sp³-hybridized carbons (Fsp3) is 0.600. The van der Waals surface area contributed by atoms with Crippen molar-refractivity contribution < 1.29 is 9.47 Å². The van der Waals surface area contributed by atoms with Gasteiger partial charge in [0.15, 0.2) is 11.5 Å². The summed E-state index contributed by atoms with van der Waals surface area (Å²) >= 11 is 0. The number of ether oxygens (including phenoxy) is 2. The van der Waals surface area contributed by atoms with E-state index in [0.717, 1.165) is 24.0 Å². The van der Waals surface area contributed by atoms with E-state index in [1.165, 1.54) is 31.2 Å². The Hall–Kier alpha value is -1.22. The zero-order chi connectivity index (χ0) is 12.4. The van der Waals surface area contributed by atoms with Crippen LogP contribution in [-0.2, 0) is 0 Å². The molecule has 0 aromatic heterocycles. The second-order valence-electron chi connectivity index (χ2n) is 5.36. The van der Waals surface area contributed by atoms with Crippen molar-refractivity contribution >= 4 is 0 Å². The van der Waals surface area contributed by atoms with Crippen LogP contribution in [-0.4, -0.2) is 19.8 Å². The maximum absolute atomic E-state index is 5.74. The van der Waals surface area contributed by atoms with Gasteiger partial charge in [0.1, 0.15) is 13.2 Å². The maximum Gasteiger partial charge on any atom is 0.161 e. The van der Waals surface area contributed by atoms with Gasteiger partial charge in [0.05, 0.1) is 0 Å². The van der Waals surface area contributed by atoms with Crippen LogP contribution in [0.4, 0.5) is 0 Å². The SMILES string of the molecule is NCC1CCC(c2ccc3c(c2)OCCO3)CC1. The molecular weight excluding hydrogens is 226 g/mol. The largest absolute Gasteiger partial charge is 0.486 e. The van der Waals surface area contributed by atoms with Gasteiger partial charge in [-0.15, -0.1) is 0 Å². The molecule has 0 spiro atoms. The standard InChI is InChI=1S/C15H21NO2/c16-10-11-1-3-12(4-2-11)13-5-6-14-15(9-13)18-8-7-17-14/h5-6,9,11-12H,1-4,7-8,10,16H2. The Labute approximate surface area is 108 Å². The van der Waals surface area contributed by atoms with Crippen LogP contribution < -0.4 is 15.2 Å². The van der Waals surface area contributed by atoms with Crippen LogP contribution in [0.2, 0.25) is 0 Å². The summed E-state index contributed by atoms with van der Waals surface area (Å²) in [5.41, 5.74) is 7.14. The van der Waals surface area contributed by atoms with E-state index in [1.54, 1.807) is 0 Å². The minimum atomic E-state index is 0.661. The Kier molecular flexibility index (Phi) is 3.41. The van der Waals surface area contributed by atoms with Crippen LogP contribution >= 0.6 is 0 Å². The number of benzene rings is 1. The Morgan fingerprint density at radius 2 is 1.72 bits per heavy atom. The third kappa shape index (κ3) is 2.32. The highest BCUT2D eigenvalue weighted by atomic mass is 16.6. The van der Waals surface area contributed by atoms with Crippen molar-refractivity contribution in [3.05, 3.63) is 23.8 Å². The predicted octanol–water partition coefficient (Wildman–Crippen LogP) is 2.69. The van der Waals surface area contributed by atoms with E-state index >= 15 is 0 Å². The summed E-state index contributed by atoms with van der Waals surface area (Å²) in [6, 6.07) is 6.42. The van der Waals surface area contributed by atoms with Crippen molar-refractivity contribution in [1.29, 1.82) is 0 Å². The zero-order valence-electron chi connectivity index (χ0n) is 10.7. The highest BCUT2D eigenvalue weighted by molar-refractivity contribution is 5.44. The predicted molar refractivity (Wildman–Crippen MR) is 71.2 cm³/mol. The molecule has 3 rings (SSSR count). The fourth-order valence-corrected chi connectivity index (χ4v) is 3.05. The Morgan fingerprint density at radius 3 is 2.44 bits per heavy atom. The first-order chi connectivity index (χ1) is 8.86. The number of nitrogens with two attached hydrogens (primary N) is 1. The Balaban J connectivity index is 1.73. The first-order valence-corrected chi connectivity index (χ1v) is 6.96. The molecule has 18 heavy (non-hydrogen) atoms. The van der Waals surface area contributed by atoms with Crippen LogP contribution in [0.3, 0.4) is 0 Å². The molecule has 0 bridgehead atoms. The van der Waals surface area contributed by atoms with Gasteiger partial charge in [0.25, 0.3) is 0 Å². The molecule has 1 heterocycles. The molecule has 0 unspecified atom stereocenters. The third-order valence-electron chi connectivity index (χ3n) is 4.22. The highest BCUT2D eigenvalue weighted by Crippen LogP contribution is 2.39. The van der Waals surface area contributed by atoms with E-state index in [-0.39, 0.29) is 0 Å². The summed E-state index contributed by atoms with van der Waals surface area (Å²) in [5.74, 6) is 3.21. The van der Waals surface area contributed by atoms with Gasteiger partial charge < -0.3 is 15.2 Å². The van der Waals surface area contributed by atoms with Crippen LogP contribution in [0, 0.1) is 5.92 Å². The molecule has 1 aliphatic carbocycles. The summed E-state index contributed by atoms with van der Waals surface area (Å²) in [5, 5.41) is 0. The van der Waals surface area contributed by atoms with Crippen LogP contribution in [0.15, 0.2) is 18.2 Å². The molecule has 0 atom stereocenters. The Bertz CT molecular complexity index is 411. The molecule has 1 aliphatic heterocycles. The fourth-order valence-electron chi connectivity index (χ4n) is 3.05. The van der Waals surface area contributed by atoms with E-state index in [2.05, 4.69) is 18.2 Å². The van der Waals surface area contributed by atoms with Crippen molar-refractivity contribution in [2.75, 3.05) is 19.8 Å². The average Bonchev–Trinajstić information content (AvgIpc) is 2.47. The van der Waals surface area contributed by atoms with Crippen molar-refractivity contribution in [2.45, 2.75) is 31.6 Å².